The van der Waals surface area contributed by atoms with Crippen molar-refractivity contribution in [1.82, 2.24) is 10.2 Å². The Kier molecular flexibility index (Phi) is 6.46. The van der Waals surface area contributed by atoms with Gasteiger partial charge in [0.1, 0.15) is 0 Å². The highest BCUT2D eigenvalue weighted by Crippen LogP contribution is 2.17. The number of hydrogen-bond acceptors (Lipinski definition) is 2. The van der Waals surface area contributed by atoms with Gasteiger partial charge in [-0.3, -0.25) is 9.69 Å². The smallest absolute Gasteiger partial charge is 0.234 e. The molecule has 0 aromatic heterocycles. The summed E-state index contributed by atoms with van der Waals surface area (Å²) < 4.78 is 0. The highest BCUT2D eigenvalue weighted by Gasteiger charge is 2.12. The van der Waals surface area contributed by atoms with E-state index in [0.29, 0.717) is 23.1 Å². The molecule has 0 aliphatic carbocycles. The second-order valence-corrected chi connectivity index (χ2v) is 6.52. The maximum atomic E-state index is 12.2. The minimum absolute atomic E-state index is 0.0195. The molecule has 0 radical (unpaired) electrons. The molecule has 2 aromatic rings. The molecule has 1 amide bonds. The molecule has 0 aliphatic heterocycles. The van der Waals surface area contributed by atoms with E-state index >= 15 is 0 Å². The zero-order chi connectivity index (χ0) is 16.8. The van der Waals surface area contributed by atoms with Crippen LogP contribution in [0.5, 0.6) is 0 Å². The fourth-order valence-corrected chi connectivity index (χ4v) is 2.67. The van der Waals surface area contributed by atoms with Crippen molar-refractivity contribution >= 4 is 29.1 Å². The van der Waals surface area contributed by atoms with Gasteiger partial charge in [-0.1, -0.05) is 47.5 Å². The predicted octanol–water partition coefficient (Wildman–Crippen LogP) is 4.30. The maximum Gasteiger partial charge on any atom is 0.234 e. The van der Waals surface area contributed by atoms with Gasteiger partial charge in [0.25, 0.3) is 0 Å². The lowest BCUT2D eigenvalue weighted by atomic mass is 10.1. The van der Waals surface area contributed by atoms with Gasteiger partial charge in [-0.15, -0.1) is 0 Å². The molecule has 122 valence electrons. The topological polar surface area (TPSA) is 32.3 Å². The van der Waals surface area contributed by atoms with Gasteiger partial charge in [0.15, 0.2) is 0 Å². The molecule has 1 atom stereocenters. The van der Waals surface area contributed by atoms with Gasteiger partial charge in [0.05, 0.1) is 12.6 Å². The van der Waals surface area contributed by atoms with Crippen LogP contribution in [0.25, 0.3) is 0 Å². The Morgan fingerprint density at radius 1 is 1.13 bits per heavy atom. The van der Waals surface area contributed by atoms with Crippen molar-refractivity contribution in [1.29, 1.82) is 0 Å². The van der Waals surface area contributed by atoms with Crippen LogP contribution in [-0.4, -0.2) is 24.4 Å². The molecule has 23 heavy (non-hydrogen) atoms. The van der Waals surface area contributed by atoms with E-state index in [1.54, 1.807) is 0 Å². The first-order valence-electron chi connectivity index (χ1n) is 7.42. The Morgan fingerprint density at radius 2 is 1.83 bits per heavy atom. The molecule has 0 aliphatic rings. The number of nitrogens with zero attached hydrogens (tertiary/aromatic N) is 1. The number of carbonyl (C=O) groups is 1. The van der Waals surface area contributed by atoms with E-state index in [1.165, 1.54) is 0 Å². The quantitative estimate of drug-likeness (QED) is 0.842. The number of carbonyl (C=O) groups excluding carboxylic acids is 1. The third-order valence-electron chi connectivity index (χ3n) is 3.51. The molecule has 0 saturated heterocycles. The second-order valence-electron chi connectivity index (χ2n) is 5.64. The first-order valence-corrected chi connectivity index (χ1v) is 8.17. The SMILES string of the molecule is C[C@@H](NC(=O)CN(C)Cc1ccc(Cl)cc1)c1cccc(Cl)c1. The van der Waals surface area contributed by atoms with E-state index in [0.717, 1.165) is 11.1 Å². The summed E-state index contributed by atoms with van der Waals surface area (Å²) in [7, 11) is 1.91. The first-order chi connectivity index (χ1) is 10.9. The molecule has 1 N–H and O–H groups in total. The van der Waals surface area contributed by atoms with Crippen LogP contribution in [0.1, 0.15) is 24.1 Å². The number of rotatable bonds is 6. The average Bonchev–Trinajstić information content (AvgIpc) is 2.49. The number of amides is 1. The lowest BCUT2D eigenvalue weighted by Gasteiger charge is -2.19. The van der Waals surface area contributed by atoms with E-state index < -0.39 is 0 Å². The molecule has 5 heteroatoms. The van der Waals surface area contributed by atoms with Crippen LogP contribution in [-0.2, 0) is 11.3 Å². The number of hydrogen-bond donors (Lipinski definition) is 1. The minimum atomic E-state index is -0.0786. The van der Waals surface area contributed by atoms with Crippen LogP contribution in [0, 0.1) is 0 Å². The summed E-state index contributed by atoms with van der Waals surface area (Å²) >= 11 is 11.9. The van der Waals surface area contributed by atoms with Crippen LogP contribution in [0.2, 0.25) is 10.0 Å². The van der Waals surface area contributed by atoms with Gasteiger partial charge < -0.3 is 5.32 Å². The summed E-state index contributed by atoms with van der Waals surface area (Å²) in [6.07, 6.45) is 0. The summed E-state index contributed by atoms with van der Waals surface area (Å²) in [6.45, 7) is 2.96. The summed E-state index contributed by atoms with van der Waals surface area (Å²) in [4.78, 5) is 14.1. The van der Waals surface area contributed by atoms with Gasteiger partial charge in [-0.2, -0.15) is 0 Å². The third-order valence-corrected chi connectivity index (χ3v) is 3.99. The van der Waals surface area contributed by atoms with Gasteiger partial charge in [-0.05, 0) is 49.4 Å². The largest absolute Gasteiger partial charge is 0.348 e. The van der Waals surface area contributed by atoms with Gasteiger partial charge in [0, 0.05) is 16.6 Å². The first kappa shape index (κ1) is 17.8. The monoisotopic (exact) mass is 350 g/mol. The molecule has 3 nitrogen and oxygen atoms in total. The molecule has 0 bridgehead atoms. The maximum absolute atomic E-state index is 12.2. The van der Waals surface area contributed by atoms with Crippen molar-refractivity contribution in [2.45, 2.75) is 19.5 Å². The molecule has 0 unspecified atom stereocenters. The van der Waals surface area contributed by atoms with Crippen LogP contribution >= 0.6 is 23.2 Å². The van der Waals surface area contributed by atoms with E-state index in [2.05, 4.69) is 5.32 Å². The van der Waals surface area contributed by atoms with Crippen molar-refractivity contribution in [3.05, 3.63) is 69.7 Å². The lowest BCUT2D eigenvalue weighted by Crippen LogP contribution is -2.36. The van der Waals surface area contributed by atoms with E-state index in [-0.39, 0.29) is 11.9 Å². The van der Waals surface area contributed by atoms with Crippen molar-refractivity contribution in [2.75, 3.05) is 13.6 Å². The van der Waals surface area contributed by atoms with Crippen molar-refractivity contribution in [3.63, 3.8) is 0 Å². The van der Waals surface area contributed by atoms with E-state index in [1.807, 2.05) is 67.4 Å². The Balaban J connectivity index is 1.85. The summed E-state index contributed by atoms with van der Waals surface area (Å²) in [5, 5.41) is 4.37. The van der Waals surface area contributed by atoms with Gasteiger partial charge in [-0.25, -0.2) is 0 Å². The van der Waals surface area contributed by atoms with Gasteiger partial charge >= 0.3 is 0 Å². The average molecular weight is 351 g/mol. The Morgan fingerprint density at radius 3 is 2.48 bits per heavy atom. The fourth-order valence-electron chi connectivity index (χ4n) is 2.35. The van der Waals surface area contributed by atoms with E-state index in [4.69, 9.17) is 23.2 Å². The number of likely N-dealkylation sites (N-methyl/N-ethyl adjacent to an activating group) is 1. The van der Waals surface area contributed by atoms with Crippen molar-refractivity contribution in [3.8, 4) is 0 Å². The molecule has 0 fully saturated rings. The fraction of sp³-hybridized carbons (Fsp3) is 0.278. The van der Waals surface area contributed by atoms with Crippen LogP contribution < -0.4 is 5.32 Å². The summed E-state index contributed by atoms with van der Waals surface area (Å²) in [5.41, 5.74) is 2.11. The Hall–Kier alpha value is -1.55. The van der Waals surface area contributed by atoms with Crippen molar-refractivity contribution < 1.29 is 4.79 Å². The van der Waals surface area contributed by atoms with Gasteiger partial charge in [0.2, 0.25) is 5.91 Å². The standard InChI is InChI=1S/C18H20Cl2N2O/c1-13(15-4-3-5-17(20)10-15)21-18(23)12-22(2)11-14-6-8-16(19)9-7-14/h3-10,13H,11-12H2,1-2H3,(H,21,23)/t13-/m1/s1. The number of benzene rings is 2. The highest BCUT2D eigenvalue weighted by atomic mass is 35.5. The zero-order valence-electron chi connectivity index (χ0n) is 13.2. The lowest BCUT2D eigenvalue weighted by molar-refractivity contribution is -0.122. The van der Waals surface area contributed by atoms with Crippen LogP contribution in [0.15, 0.2) is 48.5 Å². The second kappa shape index (κ2) is 8.34. The molecular formula is C18H20Cl2N2O. The molecule has 0 saturated carbocycles. The Labute approximate surface area is 147 Å². The normalized spacial score (nSPS) is 12.2. The predicted molar refractivity (Wildman–Crippen MR) is 95.8 cm³/mol. The Bertz CT molecular complexity index is 658. The molecule has 0 spiro atoms. The molecule has 2 rings (SSSR count). The molecule has 2 aromatic carbocycles. The summed E-state index contributed by atoms with van der Waals surface area (Å²) in [5.74, 6) is -0.0195. The van der Waals surface area contributed by atoms with Crippen molar-refractivity contribution in [2.24, 2.45) is 0 Å². The van der Waals surface area contributed by atoms with Crippen LogP contribution in [0.3, 0.4) is 0 Å². The minimum Gasteiger partial charge on any atom is -0.348 e. The molecule has 0 heterocycles. The summed E-state index contributed by atoms with van der Waals surface area (Å²) in [6, 6.07) is 15.1. The number of halogens is 2. The third kappa shape index (κ3) is 5.87. The highest BCUT2D eigenvalue weighted by molar-refractivity contribution is 6.30. The molecular weight excluding hydrogens is 331 g/mol. The van der Waals surface area contributed by atoms with Crippen LogP contribution in [0.4, 0.5) is 0 Å². The zero-order valence-corrected chi connectivity index (χ0v) is 14.7. The van der Waals surface area contributed by atoms with E-state index in [9.17, 15) is 4.79 Å². The number of nitrogens with one attached hydrogen (secondary N) is 1.